The molecule has 0 aliphatic carbocycles. The molecule has 41 heavy (non-hydrogen) atoms. The summed E-state index contributed by atoms with van der Waals surface area (Å²) in [7, 11) is 3.30. The molecule has 0 radical (unpaired) electrons. The molecule has 4 aromatic rings. The average molecular weight is 554 g/mol. The van der Waals surface area contributed by atoms with Crippen LogP contribution in [-0.2, 0) is 18.0 Å². The second kappa shape index (κ2) is 14.9. The summed E-state index contributed by atoms with van der Waals surface area (Å²) in [4.78, 5) is 13.5. The SMILES string of the molecule is COCCCNC(=O)c1cc(-c2cc(C(C)C)ccc2OC)c(OCc2ccccc2)cc1OCc1ccccc1. The minimum absolute atomic E-state index is 0.223. The number of carbonyl (C=O) groups excluding carboxylic acids is 1. The van der Waals surface area contributed by atoms with E-state index in [1.165, 1.54) is 0 Å². The van der Waals surface area contributed by atoms with E-state index in [0.717, 1.165) is 27.8 Å². The fourth-order valence-electron chi connectivity index (χ4n) is 4.47. The molecule has 0 spiro atoms. The molecule has 0 saturated carbocycles. The number of rotatable bonds is 14. The number of hydrogen-bond donors (Lipinski definition) is 1. The van der Waals surface area contributed by atoms with E-state index < -0.39 is 0 Å². The van der Waals surface area contributed by atoms with Gasteiger partial charge in [-0.15, -0.1) is 0 Å². The fraction of sp³-hybridized carbons (Fsp3) is 0.286. The summed E-state index contributed by atoms with van der Waals surface area (Å²) in [5, 5.41) is 3.02. The van der Waals surface area contributed by atoms with Crippen LogP contribution in [0.1, 0.15) is 53.2 Å². The van der Waals surface area contributed by atoms with Crippen LogP contribution in [0.3, 0.4) is 0 Å². The first-order valence-electron chi connectivity index (χ1n) is 14.0. The fourth-order valence-corrected chi connectivity index (χ4v) is 4.47. The molecule has 4 aromatic carbocycles. The standard InChI is InChI=1S/C35H39NO5/c1-25(2)28-16-17-32(39-4)29(20-28)30-21-31(35(37)36-18-11-19-38-3)34(41-24-27-14-9-6-10-15-27)22-33(30)40-23-26-12-7-5-8-13-26/h5-10,12-17,20-22,25H,11,18-19,23-24H2,1-4H3,(H,36,37). The Hall–Kier alpha value is -4.29. The average Bonchev–Trinajstić information content (AvgIpc) is 3.01. The van der Waals surface area contributed by atoms with Crippen LogP contribution in [0.2, 0.25) is 0 Å². The van der Waals surface area contributed by atoms with Crippen molar-refractivity contribution in [1.29, 1.82) is 0 Å². The highest BCUT2D eigenvalue weighted by Gasteiger charge is 2.22. The predicted molar refractivity (Wildman–Crippen MR) is 163 cm³/mol. The number of amides is 1. The summed E-state index contributed by atoms with van der Waals surface area (Å²) in [6.07, 6.45) is 0.706. The topological polar surface area (TPSA) is 66.0 Å². The van der Waals surface area contributed by atoms with Gasteiger partial charge in [-0.2, -0.15) is 0 Å². The molecule has 0 heterocycles. The summed E-state index contributed by atoms with van der Waals surface area (Å²) in [5.74, 6) is 1.84. The van der Waals surface area contributed by atoms with Crippen molar-refractivity contribution in [3.05, 3.63) is 113 Å². The van der Waals surface area contributed by atoms with Gasteiger partial charge in [0.1, 0.15) is 30.5 Å². The van der Waals surface area contributed by atoms with Crippen molar-refractivity contribution in [2.45, 2.75) is 39.4 Å². The molecule has 4 rings (SSSR count). The third kappa shape index (κ3) is 8.12. The number of hydrogen-bond acceptors (Lipinski definition) is 5. The first kappa shape index (κ1) is 29.7. The van der Waals surface area contributed by atoms with E-state index in [0.29, 0.717) is 61.5 Å². The van der Waals surface area contributed by atoms with E-state index in [9.17, 15) is 4.79 Å². The smallest absolute Gasteiger partial charge is 0.255 e. The van der Waals surface area contributed by atoms with Crippen molar-refractivity contribution in [1.82, 2.24) is 5.32 Å². The van der Waals surface area contributed by atoms with Gasteiger partial charge in [0.25, 0.3) is 5.91 Å². The zero-order valence-electron chi connectivity index (χ0n) is 24.3. The summed E-state index contributed by atoms with van der Waals surface area (Å²) in [5.41, 5.74) is 5.23. The molecule has 0 bridgehead atoms. The third-order valence-corrected chi connectivity index (χ3v) is 6.79. The molecule has 6 heteroatoms. The lowest BCUT2D eigenvalue weighted by Gasteiger charge is -2.20. The van der Waals surface area contributed by atoms with E-state index in [1.54, 1.807) is 14.2 Å². The van der Waals surface area contributed by atoms with Crippen molar-refractivity contribution in [2.24, 2.45) is 0 Å². The van der Waals surface area contributed by atoms with Crippen LogP contribution in [0, 0.1) is 0 Å². The van der Waals surface area contributed by atoms with Crippen molar-refractivity contribution in [3.8, 4) is 28.4 Å². The molecule has 0 unspecified atom stereocenters. The Labute approximate surface area is 243 Å². The Kier molecular flexibility index (Phi) is 10.8. The van der Waals surface area contributed by atoms with Crippen LogP contribution in [0.25, 0.3) is 11.1 Å². The second-order valence-corrected chi connectivity index (χ2v) is 10.1. The van der Waals surface area contributed by atoms with Crippen molar-refractivity contribution in [2.75, 3.05) is 27.4 Å². The van der Waals surface area contributed by atoms with Gasteiger partial charge in [0, 0.05) is 37.5 Å². The first-order valence-corrected chi connectivity index (χ1v) is 14.0. The molecular formula is C35H39NO5. The number of ether oxygens (including phenoxy) is 4. The van der Waals surface area contributed by atoms with Gasteiger partial charge in [0.15, 0.2) is 0 Å². The Morgan fingerprint density at radius 2 is 1.34 bits per heavy atom. The second-order valence-electron chi connectivity index (χ2n) is 10.1. The zero-order chi connectivity index (χ0) is 29.0. The van der Waals surface area contributed by atoms with Crippen LogP contribution < -0.4 is 19.5 Å². The Morgan fingerprint density at radius 1 is 0.732 bits per heavy atom. The summed E-state index contributed by atoms with van der Waals surface area (Å²) >= 11 is 0. The molecular weight excluding hydrogens is 514 g/mol. The van der Waals surface area contributed by atoms with E-state index in [2.05, 4.69) is 31.3 Å². The molecule has 0 aromatic heterocycles. The van der Waals surface area contributed by atoms with Crippen LogP contribution in [0.15, 0.2) is 91.0 Å². The van der Waals surface area contributed by atoms with Gasteiger partial charge < -0.3 is 24.3 Å². The number of methoxy groups -OCH3 is 2. The van der Waals surface area contributed by atoms with E-state index in [1.807, 2.05) is 78.9 Å². The highest BCUT2D eigenvalue weighted by Crippen LogP contribution is 2.42. The van der Waals surface area contributed by atoms with E-state index in [4.69, 9.17) is 18.9 Å². The third-order valence-electron chi connectivity index (χ3n) is 6.79. The summed E-state index contributed by atoms with van der Waals surface area (Å²) in [6.45, 7) is 6.03. The lowest BCUT2D eigenvalue weighted by atomic mass is 9.94. The quantitative estimate of drug-likeness (QED) is 0.165. The zero-order valence-corrected chi connectivity index (χ0v) is 24.3. The van der Waals surface area contributed by atoms with E-state index >= 15 is 0 Å². The lowest BCUT2D eigenvalue weighted by Crippen LogP contribution is -2.26. The predicted octanol–water partition coefficient (Wildman–Crippen LogP) is 7.41. The molecule has 0 atom stereocenters. The van der Waals surface area contributed by atoms with Crippen molar-refractivity contribution < 1.29 is 23.7 Å². The summed E-state index contributed by atoms with van der Waals surface area (Å²) in [6, 6.07) is 29.7. The maximum Gasteiger partial charge on any atom is 0.255 e. The molecule has 214 valence electrons. The minimum atomic E-state index is -0.223. The molecule has 6 nitrogen and oxygen atoms in total. The van der Waals surface area contributed by atoms with Gasteiger partial charge in [-0.1, -0.05) is 80.6 Å². The largest absolute Gasteiger partial charge is 0.496 e. The van der Waals surface area contributed by atoms with Gasteiger partial charge in [-0.25, -0.2) is 0 Å². The van der Waals surface area contributed by atoms with Gasteiger partial charge in [0.2, 0.25) is 0 Å². The molecule has 1 N–H and O–H groups in total. The van der Waals surface area contributed by atoms with Crippen LogP contribution in [-0.4, -0.2) is 33.3 Å². The molecule has 0 saturated heterocycles. The lowest BCUT2D eigenvalue weighted by molar-refractivity contribution is 0.0944. The maximum atomic E-state index is 13.5. The molecule has 0 aliphatic rings. The minimum Gasteiger partial charge on any atom is -0.496 e. The molecule has 0 aliphatic heterocycles. The van der Waals surface area contributed by atoms with Crippen molar-refractivity contribution in [3.63, 3.8) is 0 Å². The normalized spacial score (nSPS) is 10.9. The van der Waals surface area contributed by atoms with Gasteiger partial charge in [-0.3, -0.25) is 4.79 Å². The van der Waals surface area contributed by atoms with Crippen molar-refractivity contribution >= 4 is 5.91 Å². The number of carbonyl (C=O) groups is 1. The van der Waals surface area contributed by atoms with Gasteiger partial charge in [-0.05, 0) is 47.2 Å². The number of nitrogens with one attached hydrogen (secondary N) is 1. The molecule has 0 fully saturated rings. The Bertz CT molecular complexity index is 1400. The van der Waals surface area contributed by atoms with Crippen LogP contribution in [0.4, 0.5) is 0 Å². The number of benzene rings is 4. The monoisotopic (exact) mass is 553 g/mol. The Balaban J connectivity index is 1.81. The first-order chi connectivity index (χ1) is 20.0. The highest BCUT2D eigenvalue weighted by molar-refractivity contribution is 5.99. The molecule has 1 amide bonds. The van der Waals surface area contributed by atoms with Gasteiger partial charge in [0.05, 0.1) is 12.7 Å². The maximum absolute atomic E-state index is 13.5. The van der Waals surface area contributed by atoms with Gasteiger partial charge >= 0.3 is 0 Å². The van der Waals surface area contributed by atoms with E-state index in [-0.39, 0.29) is 5.91 Å². The summed E-state index contributed by atoms with van der Waals surface area (Å²) < 4.78 is 23.6. The van der Waals surface area contributed by atoms with Crippen LogP contribution in [0.5, 0.6) is 17.2 Å². The highest BCUT2D eigenvalue weighted by atomic mass is 16.5. The van der Waals surface area contributed by atoms with Crippen LogP contribution >= 0.6 is 0 Å². The Morgan fingerprint density at radius 3 is 1.93 bits per heavy atom.